The number of hydrogen-bond acceptors (Lipinski definition) is 6. The average Bonchev–Trinajstić information content (AvgIpc) is 3.36. The van der Waals surface area contributed by atoms with Gasteiger partial charge < -0.3 is 15.5 Å². The third-order valence-corrected chi connectivity index (χ3v) is 9.64. The number of nitrogens with zero attached hydrogens (tertiary/aromatic N) is 3. The molecule has 0 radical (unpaired) electrons. The molecule has 1 aliphatic carbocycles. The molecular weight excluding hydrogens is 469 g/mol. The first-order chi connectivity index (χ1) is 16.1. The monoisotopic (exact) mass is 500 g/mol. The summed E-state index contributed by atoms with van der Waals surface area (Å²) in [5.74, 6) is 2.05. The van der Waals surface area contributed by atoms with Gasteiger partial charge in [-0.05, 0) is 37.5 Å². The second kappa shape index (κ2) is 12.1. The number of allylic oxidation sites excluding steroid dienone is 3. The molecule has 3 aliphatic rings. The van der Waals surface area contributed by atoms with Crippen molar-refractivity contribution in [1.29, 1.82) is 0 Å². The molecule has 1 amide bonds. The number of amidine groups is 1. The van der Waals surface area contributed by atoms with Crippen molar-refractivity contribution in [2.75, 3.05) is 36.8 Å². The largest absolute Gasteiger partial charge is 0.383 e. The summed E-state index contributed by atoms with van der Waals surface area (Å²) in [4.78, 5) is 22.4. The maximum atomic E-state index is 12.6. The fourth-order valence-electron chi connectivity index (χ4n) is 4.31. The molecule has 4 rings (SSSR count). The second-order valence-electron chi connectivity index (χ2n) is 8.60. The Balaban J connectivity index is 1.26. The number of unbranched alkanes of at least 4 members (excludes halogenated alkanes) is 1. The fraction of sp³-hybridized carbons (Fsp3) is 0.480. The highest BCUT2D eigenvalue weighted by Crippen LogP contribution is 2.39. The first-order valence-electron chi connectivity index (χ1n) is 11.8. The first kappa shape index (κ1) is 24.4. The van der Waals surface area contributed by atoms with Crippen molar-refractivity contribution in [1.82, 2.24) is 4.90 Å². The van der Waals surface area contributed by atoms with E-state index in [1.165, 1.54) is 18.6 Å². The normalized spacial score (nSPS) is 21.5. The van der Waals surface area contributed by atoms with Crippen LogP contribution in [0.1, 0.15) is 38.5 Å². The smallest absolute Gasteiger partial charge is 0.222 e. The minimum absolute atomic E-state index is 0.306. The zero-order chi connectivity index (χ0) is 23.0. The van der Waals surface area contributed by atoms with Gasteiger partial charge in [-0.25, -0.2) is 4.99 Å². The number of carbonyl (C=O) groups excluding carboxylic acids is 1. The average molecular weight is 501 g/mol. The molecule has 0 saturated carbocycles. The molecule has 2 aliphatic heterocycles. The highest BCUT2D eigenvalue weighted by molar-refractivity contribution is 8.77. The van der Waals surface area contributed by atoms with Gasteiger partial charge in [-0.15, -0.1) is 0 Å². The van der Waals surface area contributed by atoms with E-state index in [-0.39, 0.29) is 0 Å². The van der Waals surface area contributed by atoms with Crippen molar-refractivity contribution in [2.24, 2.45) is 10.7 Å². The van der Waals surface area contributed by atoms with Crippen LogP contribution in [0.3, 0.4) is 0 Å². The van der Waals surface area contributed by atoms with Crippen molar-refractivity contribution in [3.05, 3.63) is 48.1 Å². The van der Waals surface area contributed by atoms with Crippen LogP contribution in [0.2, 0.25) is 0 Å². The van der Waals surface area contributed by atoms with Gasteiger partial charge in [-0.2, -0.15) is 0 Å². The molecule has 2 N–H and O–H groups in total. The third kappa shape index (κ3) is 6.87. The van der Waals surface area contributed by atoms with Crippen LogP contribution in [-0.2, 0) is 4.79 Å². The SMILES string of the molecule is NC(=Nc1cccc(N2CCN(C(=O)CCCCC3CCSS3)CC2)c1)C1=CC=CCC1=S. The number of hydrogen-bond donors (Lipinski definition) is 1. The Kier molecular flexibility index (Phi) is 8.92. The predicted molar refractivity (Wildman–Crippen MR) is 148 cm³/mol. The first-order valence-corrected chi connectivity index (χ1v) is 14.5. The van der Waals surface area contributed by atoms with E-state index in [9.17, 15) is 4.79 Å². The number of nitrogens with two attached hydrogens (primary N) is 1. The lowest BCUT2D eigenvalue weighted by Crippen LogP contribution is -2.48. The summed E-state index contributed by atoms with van der Waals surface area (Å²) in [6.45, 7) is 3.23. The molecular formula is C25H32N4OS3. The van der Waals surface area contributed by atoms with Crippen LogP contribution in [0.5, 0.6) is 0 Å². The van der Waals surface area contributed by atoms with Crippen LogP contribution in [0.4, 0.5) is 11.4 Å². The second-order valence-corrected chi connectivity index (χ2v) is 11.9. The van der Waals surface area contributed by atoms with Crippen molar-refractivity contribution in [3.8, 4) is 0 Å². The van der Waals surface area contributed by atoms with E-state index in [1.807, 2.05) is 56.8 Å². The molecule has 1 unspecified atom stereocenters. The number of aliphatic imine (C=N–C) groups is 1. The van der Waals surface area contributed by atoms with Gasteiger partial charge in [0, 0.05) is 66.1 Å². The molecule has 33 heavy (non-hydrogen) atoms. The topological polar surface area (TPSA) is 61.9 Å². The Morgan fingerprint density at radius 2 is 2.06 bits per heavy atom. The molecule has 0 spiro atoms. The van der Waals surface area contributed by atoms with Crippen LogP contribution in [0, 0.1) is 0 Å². The quantitative estimate of drug-likeness (QED) is 0.172. The molecule has 2 saturated heterocycles. The molecule has 0 aromatic heterocycles. The van der Waals surface area contributed by atoms with E-state index in [1.54, 1.807) is 0 Å². The van der Waals surface area contributed by atoms with E-state index >= 15 is 0 Å². The lowest BCUT2D eigenvalue weighted by atomic mass is 10.0. The third-order valence-electron chi connectivity index (χ3n) is 6.25. The summed E-state index contributed by atoms with van der Waals surface area (Å²) in [6.07, 6.45) is 12.1. The van der Waals surface area contributed by atoms with Crippen molar-refractivity contribution in [2.45, 2.75) is 43.8 Å². The van der Waals surface area contributed by atoms with Crippen LogP contribution in [0.15, 0.2) is 53.1 Å². The molecule has 1 aromatic carbocycles. The number of rotatable bonds is 8. The van der Waals surface area contributed by atoms with Gasteiger partial charge in [-0.3, -0.25) is 4.79 Å². The number of anilines is 1. The lowest BCUT2D eigenvalue weighted by molar-refractivity contribution is -0.131. The molecule has 8 heteroatoms. The van der Waals surface area contributed by atoms with Gasteiger partial charge in [0.2, 0.25) is 5.91 Å². The van der Waals surface area contributed by atoms with E-state index in [2.05, 4.69) is 22.0 Å². The molecule has 0 bridgehead atoms. The number of benzene rings is 1. The summed E-state index contributed by atoms with van der Waals surface area (Å²) in [5, 5.41) is 0.803. The Labute approximate surface area is 210 Å². The Morgan fingerprint density at radius 3 is 2.82 bits per heavy atom. The molecule has 176 valence electrons. The van der Waals surface area contributed by atoms with E-state index < -0.39 is 0 Å². The van der Waals surface area contributed by atoms with Crippen molar-refractivity contribution < 1.29 is 4.79 Å². The molecule has 5 nitrogen and oxygen atoms in total. The molecule has 1 aromatic rings. The number of carbonyl (C=O) groups is 1. The fourth-order valence-corrected chi connectivity index (χ4v) is 7.61. The standard InChI is InChI=1S/C25H32N4OS3/c26-25(22-9-2-3-10-23(22)31)27-19-6-5-7-20(18-19)28-13-15-29(16-14-28)24(30)11-4-1-8-21-12-17-32-33-21/h2-3,5-7,9,18,21H,1,4,8,10-17H2,(H2,26,27). The van der Waals surface area contributed by atoms with Crippen LogP contribution >= 0.6 is 33.8 Å². The van der Waals surface area contributed by atoms with Gasteiger partial charge in [-0.1, -0.05) is 64.5 Å². The van der Waals surface area contributed by atoms with Gasteiger partial charge in [0.15, 0.2) is 0 Å². The van der Waals surface area contributed by atoms with Crippen LogP contribution < -0.4 is 10.6 Å². The lowest BCUT2D eigenvalue weighted by Gasteiger charge is -2.36. The minimum Gasteiger partial charge on any atom is -0.383 e. The van der Waals surface area contributed by atoms with Gasteiger partial charge in [0.25, 0.3) is 0 Å². The van der Waals surface area contributed by atoms with Crippen molar-refractivity contribution >= 4 is 61.8 Å². The minimum atomic E-state index is 0.306. The van der Waals surface area contributed by atoms with E-state index in [4.69, 9.17) is 18.0 Å². The maximum absolute atomic E-state index is 12.6. The number of piperazine rings is 1. The van der Waals surface area contributed by atoms with Gasteiger partial charge in [0.1, 0.15) is 5.84 Å². The summed E-state index contributed by atoms with van der Waals surface area (Å²) < 4.78 is 0. The Hall–Kier alpha value is -1.77. The van der Waals surface area contributed by atoms with Gasteiger partial charge in [0.05, 0.1) is 5.69 Å². The van der Waals surface area contributed by atoms with E-state index in [0.29, 0.717) is 18.2 Å². The highest BCUT2D eigenvalue weighted by Gasteiger charge is 2.22. The number of thiocarbonyl (C=S) groups is 1. The predicted octanol–water partition coefficient (Wildman–Crippen LogP) is 5.29. The summed E-state index contributed by atoms with van der Waals surface area (Å²) >= 11 is 5.42. The molecule has 1 atom stereocenters. The van der Waals surface area contributed by atoms with Gasteiger partial charge >= 0.3 is 0 Å². The van der Waals surface area contributed by atoms with Crippen LogP contribution in [-0.4, -0.2) is 58.7 Å². The Bertz CT molecular complexity index is 945. The van der Waals surface area contributed by atoms with E-state index in [0.717, 1.165) is 72.5 Å². The van der Waals surface area contributed by atoms with Crippen LogP contribution in [0.25, 0.3) is 0 Å². The molecule has 2 fully saturated rings. The van der Waals surface area contributed by atoms with Crippen molar-refractivity contribution in [3.63, 3.8) is 0 Å². The Morgan fingerprint density at radius 1 is 1.21 bits per heavy atom. The summed E-state index contributed by atoms with van der Waals surface area (Å²) in [7, 11) is 4.02. The summed E-state index contributed by atoms with van der Waals surface area (Å²) in [6, 6.07) is 8.12. The maximum Gasteiger partial charge on any atom is 0.222 e. The zero-order valence-electron chi connectivity index (χ0n) is 18.9. The number of amides is 1. The highest BCUT2D eigenvalue weighted by atomic mass is 33.1. The zero-order valence-corrected chi connectivity index (χ0v) is 21.4. The summed E-state index contributed by atoms with van der Waals surface area (Å²) in [5.41, 5.74) is 9.01. The molecule has 2 heterocycles.